The van der Waals surface area contributed by atoms with Gasteiger partial charge >= 0.3 is 0 Å². The molecule has 0 aliphatic carbocycles. The molecule has 2 bridgehead atoms. The third-order valence-electron chi connectivity index (χ3n) is 3.67. The van der Waals surface area contributed by atoms with Crippen LogP contribution in [-0.2, 0) is 19.6 Å². The fraction of sp³-hybridized carbons (Fsp3) is 0.417. The number of nitro groups is 1. The van der Waals surface area contributed by atoms with Crippen molar-refractivity contribution >= 4 is 21.6 Å². The fourth-order valence-electron chi connectivity index (χ4n) is 2.51. The van der Waals surface area contributed by atoms with Gasteiger partial charge in [0.15, 0.2) is 0 Å². The summed E-state index contributed by atoms with van der Waals surface area (Å²) in [5.41, 5.74) is -0.197. The van der Waals surface area contributed by atoms with Gasteiger partial charge in [0.2, 0.25) is 15.9 Å². The molecule has 0 radical (unpaired) electrons. The molecule has 0 saturated carbocycles. The van der Waals surface area contributed by atoms with Crippen LogP contribution >= 0.6 is 0 Å². The molecule has 1 aromatic rings. The van der Waals surface area contributed by atoms with Crippen molar-refractivity contribution in [1.82, 2.24) is 9.62 Å². The first-order valence-corrected chi connectivity index (χ1v) is 8.02. The number of fused-ring (bicyclic) bond motifs is 4. The highest BCUT2D eigenvalue weighted by atomic mass is 32.2. The zero-order valence-electron chi connectivity index (χ0n) is 11.3. The molecule has 3 heterocycles. The van der Waals surface area contributed by atoms with Gasteiger partial charge in [-0.3, -0.25) is 14.9 Å². The molecule has 10 heteroatoms. The highest BCUT2D eigenvalue weighted by Crippen LogP contribution is 2.26. The Bertz CT molecular complexity index is 717. The predicted octanol–water partition coefficient (Wildman–Crippen LogP) is -0.170. The number of rotatable bonds is 3. The van der Waals surface area contributed by atoms with Crippen LogP contribution in [0.1, 0.15) is 6.42 Å². The smallest absolute Gasteiger partial charge is 0.269 e. The monoisotopic (exact) mass is 327 g/mol. The molecule has 0 unspecified atom stereocenters. The van der Waals surface area contributed by atoms with E-state index in [2.05, 4.69) is 5.32 Å². The number of non-ortho nitro benzene ring substituents is 1. The van der Waals surface area contributed by atoms with Crippen LogP contribution in [0.15, 0.2) is 29.2 Å². The van der Waals surface area contributed by atoms with Gasteiger partial charge in [-0.2, -0.15) is 4.31 Å². The zero-order valence-corrected chi connectivity index (χ0v) is 12.2. The average molecular weight is 327 g/mol. The number of carbonyl (C=O) groups is 1. The number of hydrogen-bond donors (Lipinski definition) is 1. The summed E-state index contributed by atoms with van der Waals surface area (Å²) in [4.78, 5) is 21.9. The largest absolute Gasteiger partial charge is 0.356 e. The summed E-state index contributed by atoms with van der Waals surface area (Å²) in [7, 11) is -3.93. The third kappa shape index (κ3) is 2.45. The summed E-state index contributed by atoms with van der Waals surface area (Å²) in [5.74, 6) is -0.390. The Morgan fingerprint density at radius 3 is 2.59 bits per heavy atom. The minimum Gasteiger partial charge on any atom is -0.356 e. The van der Waals surface area contributed by atoms with E-state index in [9.17, 15) is 23.3 Å². The molecular formula is C12H13N3O6S. The molecule has 1 N–H and O–H groups in total. The van der Waals surface area contributed by atoms with Crippen molar-refractivity contribution in [3.8, 4) is 0 Å². The second kappa shape index (κ2) is 5.30. The van der Waals surface area contributed by atoms with Gasteiger partial charge in [-0.15, -0.1) is 0 Å². The van der Waals surface area contributed by atoms with Crippen LogP contribution in [-0.4, -0.2) is 49.0 Å². The average Bonchev–Trinajstić information content (AvgIpc) is 2.79. The van der Waals surface area contributed by atoms with Gasteiger partial charge in [0.05, 0.1) is 16.4 Å². The summed E-state index contributed by atoms with van der Waals surface area (Å²) in [6.45, 7) is 0.149. The van der Waals surface area contributed by atoms with Crippen molar-refractivity contribution in [3.05, 3.63) is 34.4 Å². The molecule has 22 heavy (non-hydrogen) atoms. The summed E-state index contributed by atoms with van der Waals surface area (Å²) >= 11 is 0. The first kappa shape index (κ1) is 14.9. The number of ether oxygens (including phenoxy) is 1. The van der Waals surface area contributed by atoms with E-state index in [-0.39, 0.29) is 29.6 Å². The summed E-state index contributed by atoms with van der Waals surface area (Å²) < 4.78 is 31.8. The van der Waals surface area contributed by atoms with Crippen LogP contribution in [0.5, 0.6) is 0 Å². The van der Waals surface area contributed by atoms with E-state index in [0.717, 1.165) is 16.4 Å². The molecule has 3 aliphatic heterocycles. The molecule has 9 nitrogen and oxygen atoms in total. The maximum absolute atomic E-state index is 12.7. The summed E-state index contributed by atoms with van der Waals surface area (Å²) in [6, 6.07) is 3.67. The Morgan fingerprint density at radius 2 is 2.00 bits per heavy atom. The first-order chi connectivity index (χ1) is 10.4. The lowest BCUT2D eigenvalue weighted by Crippen LogP contribution is -2.54. The molecular weight excluding hydrogens is 314 g/mol. The second-order valence-electron chi connectivity index (χ2n) is 5.00. The van der Waals surface area contributed by atoms with Gasteiger partial charge in [-0.05, 0) is 12.1 Å². The van der Waals surface area contributed by atoms with Crippen LogP contribution in [0.25, 0.3) is 0 Å². The Balaban J connectivity index is 1.94. The Hall–Kier alpha value is -2.04. The van der Waals surface area contributed by atoms with Crippen molar-refractivity contribution < 1.29 is 22.9 Å². The number of amides is 1. The van der Waals surface area contributed by atoms with E-state index in [0.29, 0.717) is 6.42 Å². The number of hydrogen-bond acceptors (Lipinski definition) is 6. The van der Waals surface area contributed by atoms with Crippen molar-refractivity contribution in [2.24, 2.45) is 0 Å². The first-order valence-electron chi connectivity index (χ1n) is 6.58. The molecule has 0 spiro atoms. The Morgan fingerprint density at radius 1 is 1.32 bits per heavy atom. The zero-order chi connectivity index (χ0) is 15.9. The Kier molecular flexibility index (Phi) is 3.59. The van der Waals surface area contributed by atoms with Crippen LogP contribution in [0.3, 0.4) is 0 Å². The van der Waals surface area contributed by atoms with E-state index in [4.69, 9.17) is 4.74 Å². The van der Waals surface area contributed by atoms with Crippen molar-refractivity contribution in [3.63, 3.8) is 0 Å². The Labute approximate surface area is 126 Å². The molecule has 3 saturated heterocycles. The molecule has 118 valence electrons. The lowest BCUT2D eigenvalue weighted by atomic mass is 10.3. The fourth-order valence-corrected chi connectivity index (χ4v) is 4.10. The maximum Gasteiger partial charge on any atom is 0.269 e. The third-order valence-corrected chi connectivity index (χ3v) is 5.60. The van der Waals surface area contributed by atoms with Gasteiger partial charge in [0.25, 0.3) is 5.69 Å². The maximum atomic E-state index is 12.7. The predicted molar refractivity (Wildman–Crippen MR) is 73.3 cm³/mol. The number of nitrogens with zero attached hydrogens (tertiary/aromatic N) is 2. The van der Waals surface area contributed by atoms with E-state index >= 15 is 0 Å². The quantitative estimate of drug-likeness (QED) is 0.608. The number of benzene rings is 1. The van der Waals surface area contributed by atoms with E-state index in [1.54, 1.807) is 0 Å². The number of carbonyl (C=O) groups excluding carboxylic acids is 1. The molecule has 4 rings (SSSR count). The number of nitrogens with one attached hydrogen (secondary N) is 1. The van der Waals surface area contributed by atoms with Gasteiger partial charge in [-0.25, -0.2) is 8.42 Å². The van der Waals surface area contributed by atoms with Gasteiger partial charge in [0.1, 0.15) is 12.3 Å². The highest BCUT2D eigenvalue weighted by molar-refractivity contribution is 7.89. The molecule has 1 aromatic carbocycles. The van der Waals surface area contributed by atoms with Crippen LogP contribution in [0, 0.1) is 10.1 Å². The van der Waals surface area contributed by atoms with Gasteiger partial charge in [0, 0.05) is 25.1 Å². The van der Waals surface area contributed by atoms with Crippen molar-refractivity contribution in [2.45, 2.75) is 23.6 Å². The number of nitro benzene ring substituents is 1. The molecule has 3 fully saturated rings. The molecule has 0 aromatic heterocycles. The van der Waals surface area contributed by atoms with Crippen LogP contribution in [0.2, 0.25) is 0 Å². The van der Waals surface area contributed by atoms with Crippen molar-refractivity contribution in [2.75, 3.05) is 13.2 Å². The van der Waals surface area contributed by atoms with E-state index < -0.39 is 27.2 Å². The lowest BCUT2D eigenvalue weighted by Gasteiger charge is -2.29. The minimum absolute atomic E-state index is 0.00269. The summed E-state index contributed by atoms with van der Waals surface area (Å²) in [6.07, 6.45) is -0.116. The topological polar surface area (TPSA) is 119 Å². The molecule has 2 atom stereocenters. The van der Waals surface area contributed by atoms with E-state index in [1.165, 1.54) is 12.1 Å². The number of sulfonamides is 1. The molecule has 3 aliphatic rings. The lowest BCUT2D eigenvalue weighted by molar-refractivity contribution is -0.384. The second-order valence-corrected chi connectivity index (χ2v) is 6.89. The van der Waals surface area contributed by atoms with Gasteiger partial charge in [-0.1, -0.05) is 0 Å². The normalized spacial score (nSPS) is 25.5. The highest BCUT2D eigenvalue weighted by Gasteiger charge is 2.43. The van der Waals surface area contributed by atoms with Crippen molar-refractivity contribution in [1.29, 1.82) is 0 Å². The van der Waals surface area contributed by atoms with Crippen LogP contribution < -0.4 is 5.32 Å². The SMILES string of the molecule is O=C1N[C@@H]2CCN(S(=O)(=O)c3ccc([N+](=O)[O-])cc3)[C@H]1CO2. The van der Waals surface area contributed by atoms with Gasteiger partial charge < -0.3 is 10.1 Å². The van der Waals surface area contributed by atoms with E-state index in [1.807, 2.05) is 0 Å². The van der Waals surface area contributed by atoms with Crippen LogP contribution in [0.4, 0.5) is 5.69 Å². The summed E-state index contributed by atoms with van der Waals surface area (Å²) in [5, 5.41) is 13.2. The molecule has 1 amide bonds. The standard InChI is InChI=1S/C12H13N3O6S/c16-12-10-7-21-11(13-12)5-6-14(10)22(19,20)9-3-1-8(2-4-9)15(17)18/h1-4,10-11H,5-7H2,(H,13,16)/t10-,11-/m0/s1. The minimum atomic E-state index is -3.93.